The molecule has 0 spiro atoms. The van der Waals surface area contributed by atoms with Gasteiger partial charge in [0.15, 0.2) is 0 Å². The molecule has 0 amide bonds. The molecule has 8 heteroatoms. The highest BCUT2D eigenvalue weighted by Gasteiger charge is 2.12. The summed E-state index contributed by atoms with van der Waals surface area (Å²) in [4.78, 5) is 8.02. The molecule has 5 nitrogen and oxygen atoms in total. The zero-order valence-corrected chi connectivity index (χ0v) is 37.9. The number of benzene rings is 3. The zero-order valence-electron chi connectivity index (χ0n) is 35.5. The van der Waals surface area contributed by atoms with E-state index in [0.29, 0.717) is 46.2 Å². The van der Waals surface area contributed by atoms with Gasteiger partial charge >= 0.3 is 0 Å². The Morgan fingerprint density at radius 1 is 0.400 bits per heavy atom. The first kappa shape index (κ1) is 45.6. The van der Waals surface area contributed by atoms with Crippen LogP contribution < -0.4 is 0 Å². The molecular weight excluding hydrogens is 801 g/mol. The van der Waals surface area contributed by atoms with Gasteiger partial charge < -0.3 is 23.7 Å². The molecule has 316 valence electrons. The number of hydrogen-bond acceptors (Lipinski definition) is 8. The Morgan fingerprint density at radius 2 is 0.850 bits per heavy atom. The van der Waals surface area contributed by atoms with Gasteiger partial charge in [-0.1, -0.05) is 110 Å². The fourth-order valence-electron chi connectivity index (χ4n) is 6.58. The van der Waals surface area contributed by atoms with E-state index in [0.717, 1.165) is 39.1 Å². The van der Waals surface area contributed by atoms with Gasteiger partial charge in [0.2, 0.25) is 0 Å². The molecule has 0 saturated carbocycles. The van der Waals surface area contributed by atoms with Gasteiger partial charge in [-0.05, 0) is 96.0 Å². The van der Waals surface area contributed by atoms with Crippen molar-refractivity contribution >= 4 is 58.3 Å². The maximum atomic E-state index is 5.84. The lowest BCUT2D eigenvalue weighted by Gasteiger charge is -2.05. The van der Waals surface area contributed by atoms with Crippen LogP contribution in [0.2, 0.25) is 0 Å². The summed E-state index contributed by atoms with van der Waals surface area (Å²) in [6.45, 7) is 13.0. The molecule has 0 fully saturated rings. The first-order chi connectivity index (χ1) is 29.6. The third-order valence-electron chi connectivity index (χ3n) is 9.96. The average molecular weight is 861 g/mol. The van der Waals surface area contributed by atoms with Crippen LogP contribution in [0.3, 0.4) is 0 Å². The molecule has 3 aromatic heterocycles. The van der Waals surface area contributed by atoms with E-state index >= 15 is 0 Å². The first-order valence-electron chi connectivity index (χ1n) is 21.5. The van der Waals surface area contributed by atoms with Crippen LogP contribution in [0.25, 0.3) is 54.9 Å². The Labute approximate surface area is 370 Å². The van der Waals surface area contributed by atoms with E-state index in [1.807, 2.05) is 47.9 Å². The predicted molar refractivity (Wildman–Crippen MR) is 259 cm³/mol. The third kappa shape index (κ3) is 14.9. The lowest BCUT2D eigenvalue weighted by Crippen LogP contribution is -2.10. The van der Waals surface area contributed by atoms with Gasteiger partial charge in [0.1, 0.15) is 0 Å². The molecule has 0 N–H and O–H groups in total. The number of thiophene rings is 3. The van der Waals surface area contributed by atoms with Crippen molar-refractivity contribution in [3.8, 4) is 30.6 Å². The fraction of sp³-hybridized carbons (Fsp3) is 0.346. The Morgan fingerprint density at radius 3 is 1.40 bits per heavy atom. The maximum absolute atomic E-state index is 5.84. The topological polar surface area (TPSA) is 46.2 Å². The fourth-order valence-corrected chi connectivity index (χ4v) is 9.86. The molecule has 6 rings (SSSR count). The van der Waals surface area contributed by atoms with Gasteiger partial charge in [0.25, 0.3) is 0 Å². The van der Waals surface area contributed by atoms with E-state index in [1.54, 1.807) is 0 Å². The smallest absolute Gasteiger partial charge is 0.0701 e. The molecule has 0 aliphatic heterocycles. The highest BCUT2D eigenvalue weighted by molar-refractivity contribution is 7.23. The van der Waals surface area contributed by atoms with Crippen molar-refractivity contribution in [2.24, 2.45) is 0 Å². The van der Waals surface area contributed by atoms with Crippen LogP contribution in [0.5, 0.6) is 0 Å². The van der Waals surface area contributed by atoms with Crippen molar-refractivity contribution in [2.75, 3.05) is 66.1 Å². The summed E-state index contributed by atoms with van der Waals surface area (Å²) in [5, 5.41) is 0. The van der Waals surface area contributed by atoms with E-state index in [-0.39, 0.29) is 0 Å². The molecule has 0 aliphatic rings. The quantitative estimate of drug-likeness (QED) is 0.0381. The second kappa shape index (κ2) is 25.7. The van der Waals surface area contributed by atoms with E-state index in [1.165, 1.54) is 81.0 Å². The van der Waals surface area contributed by atoms with E-state index in [9.17, 15) is 0 Å². The van der Waals surface area contributed by atoms with Gasteiger partial charge in [-0.25, -0.2) is 0 Å². The second-order valence-corrected chi connectivity index (χ2v) is 17.8. The molecule has 6 aromatic rings. The molecule has 3 aromatic carbocycles. The normalized spacial score (nSPS) is 11.8. The van der Waals surface area contributed by atoms with Crippen molar-refractivity contribution in [2.45, 2.75) is 52.9 Å². The van der Waals surface area contributed by atoms with Crippen LogP contribution >= 0.6 is 34.0 Å². The molecule has 0 radical (unpaired) electrons. The molecule has 0 unspecified atom stereocenters. The first-order valence-corrected chi connectivity index (χ1v) is 23.9. The highest BCUT2D eigenvalue weighted by Crippen LogP contribution is 2.38. The Hall–Kier alpha value is -3.96. The summed E-state index contributed by atoms with van der Waals surface area (Å²) in [7, 11) is 0. The summed E-state index contributed by atoms with van der Waals surface area (Å²) >= 11 is 5.61. The van der Waals surface area contributed by atoms with Gasteiger partial charge in [-0.15, -0.1) is 34.0 Å². The van der Waals surface area contributed by atoms with Gasteiger partial charge in [-0.2, -0.15) is 0 Å². The zero-order chi connectivity index (χ0) is 41.6. The summed E-state index contributed by atoms with van der Waals surface area (Å²) in [5.74, 6) is 0. The summed E-state index contributed by atoms with van der Waals surface area (Å²) < 4.78 is 27.8. The van der Waals surface area contributed by atoms with E-state index < -0.39 is 0 Å². The second-order valence-electron chi connectivity index (χ2n) is 14.4. The highest BCUT2D eigenvalue weighted by atomic mass is 32.1. The minimum Gasteiger partial charge on any atom is -0.379 e. The molecular formula is C52H60O5S3. The minimum absolute atomic E-state index is 0.606. The Kier molecular flexibility index (Phi) is 19.5. The maximum Gasteiger partial charge on any atom is 0.0701 e. The Balaban J connectivity index is 0.951. The van der Waals surface area contributed by atoms with Crippen LogP contribution in [0.4, 0.5) is 0 Å². The summed E-state index contributed by atoms with van der Waals surface area (Å²) in [6, 6.07) is 37.8. The monoisotopic (exact) mass is 860 g/mol. The van der Waals surface area contributed by atoms with Gasteiger partial charge in [0, 0.05) is 55.3 Å². The van der Waals surface area contributed by atoms with Crippen LogP contribution in [-0.4, -0.2) is 66.1 Å². The van der Waals surface area contributed by atoms with Crippen molar-refractivity contribution in [3.63, 3.8) is 0 Å². The van der Waals surface area contributed by atoms with Crippen LogP contribution in [-0.2, 0) is 42.9 Å². The number of rotatable bonds is 27. The van der Waals surface area contributed by atoms with Gasteiger partial charge in [0.05, 0.1) is 52.9 Å². The summed E-state index contributed by atoms with van der Waals surface area (Å²) in [5.41, 5.74) is 8.73. The van der Waals surface area contributed by atoms with Crippen molar-refractivity contribution in [1.82, 2.24) is 0 Å². The number of aryl methyl sites for hydroxylation is 1. The molecule has 0 saturated heterocycles. The summed E-state index contributed by atoms with van der Waals surface area (Å²) in [6.07, 6.45) is 14.2. The van der Waals surface area contributed by atoms with Gasteiger partial charge in [-0.3, -0.25) is 0 Å². The largest absolute Gasteiger partial charge is 0.379 e. The molecule has 3 heterocycles. The molecule has 0 aliphatic carbocycles. The molecule has 60 heavy (non-hydrogen) atoms. The third-order valence-corrected chi connectivity index (χ3v) is 13.7. The SMILES string of the molecule is CCCCc1cc(-c2ccc(/C=C/c3ccc(/C=C/c4ccc(-c5ccc(-c6ccc(CCOCCOCCOCC)s6)s5)cc4)cc3)cc2)sc1CCOCCOCC. The molecule has 0 bridgehead atoms. The lowest BCUT2D eigenvalue weighted by molar-refractivity contribution is 0.0176. The lowest BCUT2D eigenvalue weighted by atomic mass is 10.0. The van der Waals surface area contributed by atoms with Crippen LogP contribution in [0.15, 0.2) is 103 Å². The van der Waals surface area contributed by atoms with E-state index in [2.05, 4.69) is 134 Å². The minimum atomic E-state index is 0.606. The number of ether oxygens (including phenoxy) is 5. The average Bonchev–Trinajstić information content (AvgIpc) is 4.07. The standard InChI is InChI=1S/C52H60O5S3/c1-4-7-8-46-39-52(60-49(46)30-32-56-35-33-53-5-2)45-23-19-43(20-24-45)16-14-41-11-9-40(10-12-41)13-15-42-17-21-44(22-18-42)48-27-28-51(59-48)50-26-25-47(58-50)29-31-55-37-38-57-36-34-54-6-3/h9-28,39H,4-8,29-38H2,1-3H3/b15-13+,16-14+. The number of unbranched alkanes of at least 4 members (excludes halogenated alkanes) is 1. The predicted octanol–water partition coefficient (Wildman–Crippen LogP) is 13.8. The molecule has 0 atom stereocenters. The van der Waals surface area contributed by atoms with Crippen molar-refractivity contribution < 1.29 is 23.7 Å². The van der Waals surface area contributed by atoms with Crippen LogP contribution in [0.1, 0.15) is 71.2 Å². The Bertz CT molecular complexity index is 2160. The van der Waals surface area contributed by atoms with Crippen molar-refractivity contribution in [1.29, 1.82) is 0 Å². The van der Waals surface area contributed by atoms with Crippen LogP contribution in [0, 0.1) is 0 Å². The van der Waals surface area contributed by atoms with E-state index in [4.69, 9.17) is 23.7 Å². The van der Waals surface area contributed by atoms with Crippen molar-refractivity contribution in [3.05, 3.63) is 141 Å². The number of hydrogen-bond donors (Lipinski definition) is 0.